The minimum absolute atomic E-state index is 0.227. The Morgan fingerprint density at radius 1 is 1.30 bits per heavy atom. The summed E-state index contributed by atoms with van der Waals surface area (Å²) in [7, 11) is 5.17. The van der Waals surface area contributed by atoms with Crippen molar-refractivity contribution in [2.45, 2.75) is 45.7 Å². The van der Waals surface area contributed by atoms with Gasteiger partial charge < -0.3 is 15.2 Å². The molecule has 4 nitrogen and oxygen atoms in total. The van der Waals surface area contributed by atoms with Gasteiger partial charge in [-0.2, -0.15) is 0 Å². The second-order valence-electron chi connectivity index (χ2n) is 7.88. The van der Waals surface area contributed by atoms with Crippen LogP contribution in [0.5, 0.6) is 0 Å². The van der Waals surface area contributed by atoms with E-state index in [-0.39, 0.29) is 11.4 Å². The molecule has 0 amide bonds. The lowest BCUT2D eigenvalue weighted by molar-refractivity contribution is 0.116. The van der Waals surface area contributed by atoms with E-state index in [0.717, 1.165) is 41.2 Å². The van der Waals surface area contributed by atoms with Crippen molar-refractivity contribution in [1.29, 1.82) is 0 Å². The van der Waals surface area contributed by atoms with Gasteiger partial charge in [0.25, 0.3) is 0 Å². The molecule has 0 aliphatic carbocycles. The molecule has 2 aromatic rings. The topological polar surface area (TPSA) is 47.1 Å². The van der Waals surface area contributed by atoms with Crippen molar-refractivity contribution in [3.05, 3.63) is 41.7 Å². The maximum Gasteiger partial charge on any atom is 0.135 e. The highest BCUT2D eigenvalue weighted by atomic mass is 31.0. The Kier molecular flexibility index (Phi) is 5.51. The van der Waals surface area contributed by atoms with Gasteiger partial charge in [0.2, 0.25) is 0 Å². The quantitative estimate of drug-likeness (QED) is 0.795. The maximum atomic E-state index is 14.0. The molecular weight excluding hydrogens is 377 g/mol. The van der Waals surface area contributed by atoms with Crippen LogP contribution in [0, 0.1) is 5.82 Å². The highest BCUT2D eigenvalue weighted by Crippen LogP contribution is 2.39. The molecule has 1 aliphatic heterocycles. The number of fused-ring (bicyclic) bond motifs is 1. The summed E-state index contributed by atoms with van der Waals surface area (Å²) < 4.78 is 16.3. The number of halogens is 1. The predicted octanol–water partition coefficient (Wildman–Crippen LogP) is 2.84. The van der Waals surface area contributed by atoms with Crippen LogP contribution in [0.15, 0.2) is 24.4 Å². The fourth-order valence-corrected chi connectivity index (χ4v) is 4.64. The lowest BCUT2D eigenvalue weighted by atomic mass is 9.97. The van der Waals surface area contributed by atoms with Crippen LogP contribution in [-0.2, 0) is 12.1 Å². The van der Waals surface area contributed by atoms with Crippen molar-refractivity contribution in [3.8, 4) is 11.3 Å². The van der Waals surface area contributed by atoms with Crippen molar-refractivity contribution in [1.82, 2.24) is 14.5 Å². The Morgan fingerprint density at radius 2 is 1.96 bits per heavy atom. The molecule has 27 heavy (non-hydrogen) atoms. The molecule has 146 valence electrons. The smallest absolute Gasteiger partial charge is 0.135 e. The molecule has 0 spiro atoms. The molecule has 1 aromatic carbocycles. The van der Waals surface area contributed by atoms with Gasteiger partial charge in [0.15, 0.2) is 0 Å². The van der Waals surface area contributed by atoms with Crippen molar-refractivity contribution in [3.63, 3.8) is 0 Å². The average Bonchev–Trinajstić information content (AvgIpc) is 3.00. The van der Waals surface area contributed by atoms with Crippen molar-refractivity contribution < 1.29 is 4.39 Å². The zero-order chi connectivity index (χ0) is 20.1. The van der Waals surface area contributed by atoms with Crippen LogP contribution >= 0.6 is 18.5 Å². The molecule has 0 fully saturated rings. The molecule has 1 aliphatic rings. The van der Waals surface area contributed by atoms with Crippen LogP contribution < -0.4 is 16.3 Å². The lowest BCUT2D eigenvalue weighted by Gasteiger charge is -2.45. The molecule has 0 bridgehead atoms. The van der Waals surface area contributed by atoms with E-state index in [2.05, 4.69) is 62.2 Å². The minimum atomic E-state index is -0.318. The summed E-state index contributed by atoms with van der Waals surface area (Å²) in [6.45, 7) is 14.9. The molecule has 1 aromatic heterocycles. The van der Waals surface area contributed by atoms with Crippen molar-refractivity contribution in [2.24, 2.45) is 5.73 Å². The molecule has 7 heteroatoms. The fourth-order valence-electron chi connectivity index (χ4n) is 4.02. The largest absolute Gasteiger partial charge is 0.360 e. The normalized spacial score (nSPS) is 16.0. The minimum Gasteiger partial charge on any atom is -0.360 e. The van der Waals surface area contributed by atoms with E-state index in [0.29, 0.717) is 17.8 Å². The monoisotopic (exact) mass is 406 g/mol. The van der Waals surface area contributed by atoms with Crippen molar-refractivity contribution >= 4 is 29.1 Å². The maximum absolute atomic E-state index is 14.0. The first-order valence-corrected chi connectivity index (χ1v) is 10.4. The number of benzene rings is 1. The molecule has 2 heterocycles. The Hall–Kier alpha value is -1.28. The fraction of sp³-hybridized carbons (Fsp3) is 0.450. The first kappa shape index (κ1) is 20.5. The first-order chi connectivity index (χ1) is 12.6. The molecule has 3 rings (SSSR count). The van der Waals surface area contributed by atoms with Gasteiger partial charge in [-0.25, -0.2) is 9.37 Å². The summed E-state index contributed by atoms with van der Waals surface area (Å²) >= 11 is 0. The summed E-state index contributed by atoms with van der Waals surface area (Å²) in [5, 5.41) is 1.40. The second kappa shape index (κ2) is 7.28. The van der Waals surface area contributed by atoms with E-state index in [4.69, 9.17) is 10.7 Å². The highest BCUT2D eigenvalue weighted by molar-refractivity contribution is 7.36. The molecule has 0 saturated carbocycles. The molecule has 2 unspecified atom stereocenters. The van der Waals surface area contributed by atoms with Gasteiger partial charge in [-0.3, -0.25) is 0 Å². The van der Waals surface area contributed by atoms with Gasteiger partial charge in [-0.1, -0.05) is 20.4 Å². The van der Waals surface area contributed by atoms with Gasteiger partial charge >= 0.3 is 0 Å². The lowest BCUT2D eigenvalue weighted by Crippen LogP contribution is -2.49. The van der Waals surface area contributed by atoms with E-state index >= 15 is 0 Å². The number of imidazole rings is 1. The number of nitrogens with two attached hydrogens (primary N) is 1. The van der Waals surface area contributed by atoms with Gasteiger partial charge in [0, 0.05) is 41.9 Å². The Labute approximate surface area is 165 Å². The summed E-state index contributed by atoms with van der Waals surface area (Å²) in [6, 6.07) is 3.34. The van der Waals surface area contributed by atoms with E-state index < -0.39 is 0 Å². The van der Waals surface area contributed by atoms with E-state index in [9.17, 15) is 4.39 Å². The van der Waals surface area contributed by atoms with Crippen LogP contribution in [-0.4, -0.2) is 27.5 Å². The zero-order valence-corrected chi connectivity index (χ0v) is 18.8. The van der Waals surface area contributed by atoms with Crippen LogP contribution in [0.3, 0.4) is 0 Å². The van der Waals surface area contributed by atoms with Gasteiger partial charge in [-0.15, -0.1) is 18.5 Å². The SMILES string of the molecule is C=C(CN)N1CCn2c(nc(-c3ccc(F)c(P)c3P)c2C(C)C)C1(C)C. The number of rotatable bonds is 4. The molecule has 2 atom stereocenters. The third-order valence-electron chi connectivity index (χ3n) is 5.43. The summed E-state index contributed by atoms with van der Waals surface area (Å²) in [5.41, 5.74) is 9.54. The van der Waals surface area contributed by atoms with Gasteiger partial charge in [-0.05, 0) is 37.2 Å². The van der Waals surface area contributed by atoms with E-state index in [1.54, 1.807) is 0 Å². The standard InChI is InChI=1S/C20H29FN4P2/c1-11(2)16-15(13-6-7-14(21)18(27)17(13)26)23-19-20(4,5)25(12(3)10-22)9-8-24(16)19/h6-7,11H,3,8-10,22,26-27H2,1-2,4-5H3. The molecule has 2 N–H and O–H groups in total. The number of hydrogen-bond acceptors (Lipinski definition) is 3. The average molecular weight is 406 g/mol. The summed E-state index contributed by atoms with van der Waals surface area (Å²) in [6.07, 6.45) is 0. The molecular formula is C20H29FN4P2. The number of hydrogen-bond donors (Lipinski definition) is 1. The number of aromatic nitrogens is 2. The second-order valence-corrected chi connectivity index (χ2v) is 9.03. The van der Waals surface area contributed by atoms with Crippen molar-refractivity contribution in [2.75, 3.05) is 13.1 Å². The van der Waals surface area contributed by atoms with Crippen LogP contribution in [0.2, 0.25) is 0 Å². The van der Waals surface area contributed by atoms with Crippen LogP contribution in [0.25, 0.3) is 11.3 Å². The van der Waals surface area contributed by atoms with E-state index in [1.807, 2.05) is 6.07 Å². The van der Waals surface area contributed by atoms with Crippen LogP contribution in [0.1, 0.15) is 45.1 Å². The predicted molar refractivity (Wildman–Crippen MR) is 118 cm³/mol. The molecule has 0 radical (unpaired) electrons. The third kappa shape index (κ3) is 3.24. The Bertz CT molecular complexity index is 902. The summed E-state index contributed by atoms with van der Waals surface area (Å²) in [5.74, 6) is 1.07. The van der Waals surface area contributed by atoms with E-state index in [1.165, 1.54) is 11.8 Å². The third-order valence-corrected chi connectivity index (χ3v) is 6.97. The van der Waals surface area contributed by atoms with Gasteiger partial charge in [0.1, 0.15) is 11.6 Å². The van der Waals surface area contributed by atoms with Gasteiger partial charge in [0.05, 0.1) is 11.2 Å². The molecule has 0 saturated heterocycles. The Balaban J connectivity index is 2.24. The Morgan fingerprint density at radius 3 is 2.56 bits per heavy atom. The summed E-state index contributed by atoms with van der Waals surface area (Å²) in [4.78, 5) is 7.33. The van der Waals surface area contributed by atoms with Crippen LogP contribution in [0.4, 0.5) is 4.39 Å². The number of nitrogens with zero attached hydrogens (tertiary/aromatic N) is 3. The highest BCUT2D eigenvalue weighted by Gasteiger charge is 2.39. The zero-order valence-electron chi connectivity index (χ0n) is 16.5. The first-order valence-electron chi connectivity index (χ1n) is 9.21.